The molecule has 9 heteroatoms. The van der Waals surface area contributed by atoms with Crippen LogP contribution in [0.15, 0.2) is 40.1 Å². The normalized spacial score (nSPS) is 21.0. The third kappa shape index (κ3) is 5.04. The number of hydrogen-bond donors (Lipinski definition) is 1. The molecule has 1 aromatic carbocycles. The first-order valence-electron chi connectivity index (χ1n) is 11.9. The first-order chi connectivity index (χ1) is 16.4. The molecule has 0 spiro atoms. The molecule has 34 heavy (non-hydrogen) atoms. The maximum atomic E-state index is 13.1. The van der Waals surface area contributed by atoms with E-state index in [0.717, 1.165) is 44.5 Å². The lowest BCUT2D eigenvalue weighted by molar-refractivity contribution is -0.138. The Bertz CT molecular complexity index is 1150. The third-order valence-corrected chi connectivity index (χ3v) is 7.18. The number of amides is 1. The fourth-order valence-corrected chi connectivity index (χ4v) is 5.13. The van der Waals surface area contributed by atoms with E-state index in [9.17, 15) is 14.4 Å². The van der Waals surface area contributed by atoms with Gasteiger partial charge in [0.1, 0.15) is 5.75 Å². The molecule has 1 amide bonds. The molecule has 2 heterocycles. The van der Waals surface area contributed by atoms with Gasteiger partial charge in [0, 0.05) is 51.4 Å². The number of rotatable bonds is 7. The number of ether oxygens (including phenoxy) is 2. The van der Waals surface area contributed by atoms with Crippen LogP contribution in [0, 0.1) is 11.8 Å². The second kappa shape index (κ2) is 10.5. The summed E-state index contributed by atoms with van der Waals surface area (Å²) in [6.07, 6.45) is 3.22. The summed E-state index contributed by atoms with van der Waals surface area (Å²) >= 11 is 0. The molecule has 4 rings (SSSR count). The predicted octanol–water partition coefficient (Wildman–Crippen LogP) is 1.81. The number of methoxy groups -OCH3 is 2. The molecule has 0 radical (unpaired) electrons. The van der Waals surface area contributed by atoms with Crippen LogP contribution >= 0.6 is 0 Å². The molecule has 1 aromatic heterocycles. The van der Waals surface area contributed by atoms with Crippen molar-refractivity contribution in [2.45, 2.75) is 32.2 Å². The Morgan fingerprint density at radius 3 is 2.38 bits per heavy atom. The van der Waals surface area contributed by atoms with Gasteiger partial charge < -0.3 is 24.3 Å². The number of benzene rings is 1. The molecule has 2 aliphatic rings. The molecule has 2 fully saturated rings. The molecule has 0 unspecified atom stereocenters. The number of H-pyrrole nitrogens is 1. The summed E-state index contributed by atoms with van der Waals surface area (Å²) in [5.41, 5.74) is 0.761. The van der Waals surface area contributed by atoms with E-state index >= 15 is 0 Å². The van der Waals surface area contributed by atoms with Gasteiger partial charge in [-0.2, -0.15) is 0 Å². The summed E-state index contributed by atoms with van der Waals surface area (Å²) in [5.74, 6) is 1.01. The van der Waals surface area contributed by atoms with Crippen LogP contribution < -0.4 is 16.0 Å². The Labute approximate surface area is 198 Å². The molecule has 184 valence electrons. The van der Waals surface area contributed by atoms with Gasteiger partial charge in [-0.15, -0.1) is 0 Å². The number of aromatic nitrogens is 2. The second-order valence-corrected chi connectivity index (χ2v) is 9.29. The molecule has 1 saturated heterocycles. The molecule has 9 nitrogen and oxygen atoms in total. The summed E-state index contributed by atoms with van der Waals surface area (Å²) in [6, 6.07) is 5.06. The van der Waals surface area contributed by atoms with E-state index in [4.69, 9.17) is 9.47 Å². The SMILES string of the molecule is C=C(COC)N1CCN(C(=O)C2CCC(Cn3c(=O)[nH]c4ccc(OC)cc4c3=O)CC2)CC1. The first kappa shape index (κ1) is 24.1. The summed E-state index contributed by atoms with van der Waals surface area (Å²) in [4.78, 5) is 45.6. The van der Waals surface area contributed by atoms with Crippen LogP contribution in [-0.2, 0) is 16.1 Å². The Balaban J connectivity index is 1.34. The lowest BCUT2D eigenvalue weighted by atomic mass is 9.81. The van der Waals surface area contributed by atoms with Crippen molar-refractivity contribution < 1.29 is 14.3 Å². The second-order valence-electron chi connectivity index (χ2n) is 9.29. The van der Waals surface area contributed by atoms with Crippen LogP contribution in [0.25, 0.3) is 10.9 Å². The van der Waals surface area contributed by atoms with Crippen LogP contribution in [0.5, 0.6) is 5.75 Å². The van der Waals surface area contributed by atoms with Crippen molar-refractivity contribution in [3.63, 3.8) is 0 Å². The molecular formula is C25H34N4O5. The van der Waals surface area contributed by atoms with Crippen molar-refractivity contribution >= 4 is 16.8 Å². The molecule has 1 aliphatic heterocycles. The highest BCUT2D eigenvalue weighted by Crippen LogP contribution is 2.31. The van der Waals surface area contributed by atoms with Crippen molar-refractivity contribution in [1.82, 2.24) is 19.4 Å². The zero-order valence-electron chi connectivity index (χ0n) is 20.0. The Morgan fingerprint density at radius 1 is 1.06 bits per heavy atom. The minimum atomic E-state index is -0.395. The Kier molecular flexibility index (Phi) is 7.41. The van der Waals surface area contributed by atoms with Crippen molar-refractivity contribution in [2.75, 3.05) is 47.0 Å². The topological polar surface area (TPSA) is 96.9 Å². The van der Waals surface area contributed by atoms with Gasteiger partial charge in [-0.05, 0) is 49.8 Å². The van der Waals surface area contributed by atoms with E-state index < -0.39 is 5.69 Å². The van der Waals surface area contributed by atoms with Crippen LogP contribution in [-0.4, -0.2) is 72.3 Å². The fraction of sp³-hybridized carbons (Fsp3) is 0.560. The number of fused-ring (bicyclic) bond motifs is 1. The summed E-state index contributed by atoms with van der Waals surface area (Å²) in [7, 11) is 3.20. The van der Waals surface area contributed by atoms with Gasteiger partial charge in [-0.25, -0.2) is 4.79 Å². The fourth-order valence-electron chi connectivity index (χ4n) is 5.13. The molecule has 1 aliphatic carbocycles. The van der Waals surface area contributed by atoms with Crippen LogP contribution in [0.3, 0.4) is 0 Å². The minimum Gasteiger partial charge on any atom is -0.497 e. The van der Waals surface area contributed by atoms with Crippen LogP contribution in [0.1, 0.15) is 25.7 Å². The first-order valence-corrected chi connectivity index (χ1v) is 11.9. The number of hydrogen-bond acceptors (Lipinski definition) is 6. The van der Waals surface area contributed by atoms with E-state index in [1.165, 1.54) is 4.57 Å². The number of nitrogens with one attached hydrogen (secondary N) is 1. The van der Waals surface area contributed by atoms with E-state index in [-0.39, 0.29) is 23.3 Å². The van der Waals surface area contributed by atoms with Gasteiger partial charge in [-0.3, -0.25) is 14.2 Å². The highest BCUT2D eigenvalue weighted by atomic mass is 16.5. The molecular weight excluding hydrogens is 436 g/mol. The van der Waals surface area contributed by atoms with Crippen LogP contribution in [0.4, 0.5) is 0 Å². The van der Waals surface area contributed by atoms with Crippen LogP contribution in [0.2, 0.25) is 0 Å². The number of carbonyl (C=O) groups excluding carboxylic acids is 1. The third-order valence-electron chi connectivity index (χ3n) is 7.18. The maximum absolute atomic E-state index is 13.1. The highest BCUT2D eigenvalue weighted by Gasteiger charge is 2.31. The summed E-state index contributed by atoms with van der Waals surface area (Å²) < 4.78 is 11.7. The van der Waals surface area contributed by atoms with Gasteiger partial charge in [0.25, 0.3) is 5.56 Å². The van der Waals surface area contributed by atoms with Gasteiger partial charge in [0.15, 0.2) is 0 Å². The number of piperazine rings is 1. The number of aromatic amines is 1. The smallest absolute Gasteiger partial charge is 0.328 e. The van der Waals surface area contributed by atoms with Gasteiger partial charge >= 0.3 is 5.69 Å². The van der Waals surface area contributed by atoms with Crippen molar-refractivity contribution in [2.24, 2.45) is 11.8 Å². The van der Waals surface area contributed by atoms with Gasteiger partial charge in [-0.1, -0.05) is 6.58 Å². The monoisotopic (exact) mass is 470 g/mol. The van der Waals surface area contributed by atoms with Gasteiger partial charge in [0.05, 0.1) is 24.6 Å². The van der Waals surface area contributed by atoms with E-state index in [2.05, 4.69) is 16.5 Å². The number of carbonyl (C=O) groups is 1. The minimum absolute atomic E-state index is 0.0147. The average Bonchev–Trinajstić information content (AvgIpc) is 2.86. The number of nitrogens with zero attached hydrogens (tertiary/aromatic N) is 3. The van der Waals surface area contributed by atoms with E-state index in [1.807, 2.05) is 4.90 Å². The van der Waals surface area contributed by atoms with Gasteiger partial charge in [0.2, 0.25) is 5.91 Å². The Morgan fingerprint density at radius 2 is 1.74 bits per heavy atom. The average molecular weight is 471 g/mol. The van der Waals surface area contributed by atoms with E-state index in [1.54, 1.807) is 32.4 Å². The summed E-state index contributed by atoms with van der Waals surface area (Å²) in [6.45, 7) is 7.88. The zero-order valence-corrected chi connectivity index (χ0v) is 20.0. The summed E-state index contributed by atoms with van der Waals surface area (Å²) in [5, 5.41) is 0.440. The predicted molar refractivity (Wildman–Crippen MR) is 130 cm³/mol. The lowest BCUT2D eigenvalue weighted by Crippen LogP contribution is -2.50. The Hall–Kier alpha value is -3.07. The zero-order chi connectivity index (χ0) is 24.2. The largest absolute Gasteiger partial charge is 0.497 e. The van der Waals surface area contributed by atoms with E-state index in [0.29, 0.717) is 42.9 Å². The maximum Gasteiger partial charge on any atom is 0.328 e. The van der Waals surface area contributed by atoms with Crippen molar-refractivity contribution in [3.8, 4) is 5.75 Å². The standard InChI is InChI=1S/C25H34N4O5/c1-17(16-33-2)27-10-12-28(13-11-27)23(30)19-6-4-18(5-7-19)15-29-24(31)21-14-20(34-3)8-9-22(21)26-25(29)32/h8-9,14,18-19H,1,4-7,10-13,15-16H2,2-3H3,(H,26,32). The highest BCUT2D eigenvalue weighted by molar-refractivity contribution is 5.79. The molecule has 1 saturated carbocycles. The molecule has 2 aromatic rings. The molecule has 0 atom stereocenters. The quantitative estimate of drug-likeness (QED) is 0.663. The molecule has 1 N–H and O–H groups in total. The van der Waals surface area contributed by atoms with Crippen molar-refractivity contribution in [1.29, 1.82) is 0 Å². The van der Waals surface area contributed by atoms with Crippen molar-refractivity contribution in [3.05, 3.63) is 51.3 Å². The lowest BCUT2D eigenvalue weighted by Gasteiger charge is -2.39. The molecule has 0 bridgehead atoms.